The van der Waals surface area contributed by atoms with Gasteiger partial charge in [-0.15, -0.1) is 0 Å². The number of amides is 2. The number of carbonyl (C=O) groups is 3. The van der Waals surface area contributed by atoms with E-state index >= 15 is 0 Å². The van der Waals surface area contributed by atoms with Gasteiger partial charge >= 0.3 is 16.3 Å². The van der Waals surface area contributed by atoms with Crippen LogP contribution in [0.4, 0.5) is 0 Å². The van der Waals surface area contributed by atoms with Gasteiger partial charge in [-0.1, -0.05) is 16.9 Å². The number of hydrazone groups is 1. The van der Waals surface area contributed by atoms with Crippen molar-refractivity contribution in [1.82, 2.24) is 31.0 Å². The van der Waals surface area contributed by atoms with E-state index in [1.807, 2.05) is 0 Å². The van der Waals surface area contributed by atoms with E-state index in [0.717, 1.165) is 18.0 Å². The number of aliphatic carboxylic acids is 1. The molecule has 1 saturated carbocycles. The number of oxime groups is 1. The normalized spacial score (nSPS) is 22.6. The number of carboxylic acid groups (broad SMARTS) is 1. The van der Waals surface area contributed by atoms with E-state index in [1.54, 1.807) is 0 Å². The summed E-state index contributed by atoms with van der Waals surface area (Å²) in [5, 5.41) is 44.3. The summed E-state index contributed by atoms with van der Waals surface area (Å²) >= 11 is 1.09. The molecule has 3 rings (SSSR count). The van der Waals surface area contributed by atoms with Crippen LogP contribution in [0, 0.1) is 10.8 Å². The molecular formula is C21H34N12O9S2. The maximum atomic E-state index is 13.2. The van der Waals surface area contributed by atoms with Gasteiger partial charge in [0.05, 0.1) is 43.8 Å². The number of ether oxygens (including phenoxy) is 1. The second kappa shape index (κ2) is 15.1. The number of carboxylic acids is 1. The molecular weight excluding hydrogens is 628 g/mol. The van der Waals surface area contributed by atoms with Crippen LogP contribution < -0.4 is 38.2 Å². The molecule has 13 N–H and O–H groups in total. The van der Waals surface area contributed by atoms with Crippen molar-refractivity contribution in [3.8, 4) is 0 Å². The predicted octanol–water partition coefficient (Wildman–Crippen LogP) is -4.42. The molecule has 2 heterocycles. The number of nitrogens with zero attached hydrogens (tertiary/aromatic N) is 3. The van der Waals surface area contributed by atoms with Crippen molar-refractivity contribution < 1.29 is 42.0 Å². The monoisotopic (exact) mass is 662 g/mol. The van der Waals surface area contributed by atoms with Gasteiger partial charge < -0.3 is 58.3 Å². The summed E-state index contributed by atoms with van der Waals surface area (Å²) in [5.41, 5.74) is 11.1. The summed E-state index contributed by atoms with van der Waals surface area (Å²) in [6.07, 6.45) is 1.19. The number of nitrogens with two attached hydrogens (primary N) is 2. The average Bonchev–Trinajstić information content (AvgIpc) is 3.64. The van der Waals surface area contributed by atoms with Gasteiger partial charge in [-0.3, -0.25) is 19.6 Å². The second-order valence-corrected chi connectivity index (χ2v) is 11.7. The Balaban J connectivity index is 1.65. The fourth-order valence-corrected chi connectivity index (χ4v) is 5.24. The van der Waals surface area contributed by atoms with Crippen molar-refractivity contribution in [2.75, 3.05) is 39.4 Å². The molecule has 2 aliphatic heterocycles. The first-order chi connectivity index (χ1) is 20.8. The zero-order chi connectivity index (χ0) is 32.5. The van der Waals surface area contributed by atoms with Crippen LogP contribution in [-0.4, -0.2) is 126 Å². The molecule has 21 nitrogen and oxygen atoms in total. The molecule has 0 aromatic carbocycles. The van der Waals surface area contributed by atoms with Crippen molar-refractivity contribution in [3.05, 3.63) is 11.1 Å². The molecule has 0 aromatic heterocycles. The number of nitrogens with one attached hydrogen (secondary N) is 7. The van der Waals surface area contributed by atoms with Gasteiger partial charge in [0, 0.05) is 37.6 Å². The van der Waals surface area contributed by atoms with E-state index in [4.69, 9.17) is 31.9 Å². The summed E-state index contributed by atoms with van der Waals surface area (Å²) < 4.78 is 38.6. The van der Waals surface area contributed by atoms with E-state index < -0.39 is 63.5 Å². The molecule has 244 valence electrons. The van der Waals surface area contributed by atoms with E-state index in [2.05, 4.69) is 37.0 Å². The Kier molecular flexibility index (Phi) is 11.8. The lowest BCUT2D eigenvalue weighted by atomic mass is 9.98. The first kappa shape index (κ1) is 34.5. The molecule has 0 bridgehead atoms. The third-order valence-electron chi connectivity index (χ3n) is 6.16. The number of hydrogen-bond acceptors (Lipinski definition) is 16. The Morgan fingerprint density at radius 1 is 1.32 bits per heavy atom. The number of guanidine groups is 1. The average molecular weight is 663 g/mol. The largest absolute Gasteiger partial charge is 0.478 e. The Labute approximate surface area is 255 Å². The van der Waals surface area contributed by atoms with E-state index in [0.29, 0.717) is 26.3 Å². The standard InChI is InChI=1S/C21H34N12O9S2/c22-3-5-41-6-4-26-19(24)27-8-11(7-23)31-28-9-13-15(17(35)33(13)44(38,39)40)30-16(34)14(12-10-43-20(25)29-12)32-42-21(1-2-21)18(36)37/h7,10,13,15,20,23,28-29H,1-6,8-9,22,25H2,(H,30,34)(H,36,37)(H3,24,26,27)(H,38,39,40)/b23-7?,31-11+,32-14-. The lowest BCUT2D eigenvalue weighted by Crippen LogP contribution is -2.74. The smallest absolute Gasteiger partial charge is 0.362 e. The molecule has 3 atom stereocenters. The number of rotatable bonds is 18. The van der Waals surface area contributed by atoms with Crippen LogP contribution >= 0.6 is 11.8 Å². The molecule has 3 unspecified atom stereocenters. The zero-order valence-corrected chi connectivity index (χ0v) is 24.7. The third kappa shape index (κ3) is 8.99. The maximum absolute atomic E-state index is 13.2. The van der Waals surface area contributed by atoms with Gasteiger partial charge in [0.2, 0.25) is 5.60 Å². The van der Waals surface area contributed by atoms with E-state index in [-0.39, 0.29) is 41.1 Å². The summed E-state index contributed by atoms with van der Waals surface area (Å²) in [4.78, 5) is 42.5. The van der Waals surface area contributed by atoms with Crippen LogP contribution in [0.25, 0.3) is 0 Å². The SMILES string of the molecule is N=C/C(CNC(=N)NCCOCCN)=N\NCC1C(NC(=O)/C(=N\OC2(C(=O)O)CC2)C2=CSC(N)N2)C(=O)N1S(=O)(=O)O. The molecule has 23 heteroatoms. The fraction of sp³-hybridized carbons (Fsp3) is 0.571. The Bertz CT molecular complexity index is 1340. The van der Waals surface area contributed by atoms with Gasteiger partial charge in [-0.2, -0.15) is 13.5 Å². The van der Waals surface area contributed by atoms with Crippen molar-refractivity contribution in [3.63, 3.8) is 0 Å². The van der Waals surface area contributed by atoms with E-state index in [1.165, 1.54) is 5.41 Å². The Hall–Kier alpha value is -4.03. The van der Waals surface area contributed by atoms with Crippen LogP contribution in [0.2, 0.25) is 0 Å². The number of β-lactam (4-membered cyclic amide) rings is 1. The van der Waals surface area contributed by atoms with E-state index in [9.17, 15) is 32.5 Å². The minimum absolute atomic E-state index is 0.0742. The molecule has 44 heavy (non-hydrogen) atoms. The number of hydrogen-bond donors (Lipinski definition) is 11. The molecule has 0 aromatic rings. The van der Waals surface area contributed by atoms with Crippen molar-refractivity contribution in [2.24, 2.45) is 21.7 Å². The third-order valence-corrected chi connectivity index (χ3v) is 7.89. The van der Waals surface area contributed by atoms with Gasteiger partial charge in [0.1, 0.15) is 11.5 Å². The topological polar surface area (TPSA) is 332 Å². The highest BCUT2D eigenvalue weighted by Crippen LogP contribution is 2.40. The zero-order valence-electron chi connectivity index (χ0n) is 23.1. The van der Waals surface area contributed by atoms with Crippen LogP contribution in [0.3, 0.4) is 0 Å². The highest BCUT2D eigenvalue weighted by Gasteiger charge is 2.56. The molecule has 3 aliphatic rings. The molecule has 2 fully saturated rings. The fourth-order valence-electron chi connectivity index (χ4n) is 3.70. The first-order valence-corrected chi connectivity index (χ1v) is 15.3. The van der Waals surface area contributed by atoms with Crippen LogP contribution in [0.1, 0.15) is 12.8 Å². The molecule has 1 aliphatic carbocycles. The minimum Gasteiger partial charge on any atom is -0.478 e. The lowest BCUT2D eigenvalue weighted by molar-refractivity contribution is -0.153. The van der Waals surface area contributed by atoms with Gasteiger partial charge in [0.15, 0.2) is 11.7 Å². The van der Waals surface area contributed by atoms with Gasteiger partial charge in [-0.25, -0.2) is 9.10 Å². The summed E-state index contributed by atoms with van der Waals surface area (Å²) in [7, 11) is -5.03. The molecule has 2 amide bonds. The lowest BCUT2D eigenvalue weighted by Gasteiger charge is -2.43. The molecule has 1 saturated heterocycles. The Morgan fingerprint density at radius 2 is 2.05 bits per heavy atom. The van der Waals surface area contributed by atoms with Crippen LogP contribution in [-0.2, 0) is 34.3 Å². The first-order valence-electron chi connectivity index (χ1n) is 13.0. The summed E-state index contributed by atoms with van der Waals surface area (Å²) in [5.74, 6) is -3.54. The summed E-state index contributed by atoms with van der Waals surface area (Å²) in [6, 6.07) is -2.85. The molecule has 0 radical (unpaired) electrons. The van der Waals surface area contributed by atoms with Gasteiger partial charge in [-0.05, 0) is 0 Å². The highest BCUT2D eigenvalue weighted by molar-refractivity contribution is 8.02. The Morgan fingerprint density at radius 3 is 2.61 bits per heavy atom. The van der Waals surface area contributed by atoms with Crippen LogP contribution in [0.5, 0.6) is 0 Å². The van der Waals surface area contributed by atoms with Crippen molar-refractivity contribution in [2.45, 2.75) is 36.0 Å². The summed E-state index contributed by atoms with van der Waals surface area (Å²) in [6.45, 7) is 0.903. The second-order valence-electron chi connectivity index (χ2n) is 9.36. The molecule has 0 spiro atoms. The number of thioether (sulfide) groups is 1. The van der Waals surface area contributed by atoms with Crippen molar-refractivity contribution in [1.29, 1.82) is 10.8 Å². The predicted molar refractivity (Wildman–Crippen MR) is 157 cm³/mol. The highest BCUT2D eigenvalue weighted by atomic mass is 32.2. The van der Waals surface area contributed by atoms with Crippen molar-refractivity contribution >= 4 is 63.4 Å². The van der Waals surface area contributed by atoms with Gasteiger partial charge in [0.25, 0.3) is 11.8 Å². The van der Waals surface area contributed by atoms with Crippen LogP contribution in [0.15, 0.2) is 21.4 Å². The number of carbonyl (C=O) groups excluding carboxylic acids is 2. The quantitative estimate of drug-likeness (QED) is 0.0165. The minimum atomic E-state index is -5.03. The maximum Gasteiger partial charge on any atom is 0.362 e.